The van der Waals surface area contributed by atoms with E-state index in [0.29, 0.717) is 23.2 Å². The van der Waals surface area contributed by atoms with Crippen LogP contribution < -0.4 is 5.32 Å². The molecule has 1 amide bonds. The average Bonchev–Trinajstić information content (AvgIpc) is 2.44. The Balaban J connectivity index is 2.25. The molecule has 1 N–H and O–H groups in total. The number of thioether (sulfide) groups is 1. The second-order valence-corrected chi connectivity index (χ2v) is 6.65. The number of nitrogens with one attached hydrogen (secondary N) is 1. The third kappa shape index (κ3) is 6.12. The SMILES string of the molecule is CC(C)C(C)SCCCC(=O)Nc1ccc(C#N)cc1. The number of benzene rings is 1. The molecule has 1 rings (SSSR count). The molecule has 4 heteroatoms. The second-order valence-electron chi connectivity index (χ2n) is 5.16. The molecule has 0 heterocycles. The summed E-state index contributed by atoms with van der Waals surface area (Å²) in [5.74, 6) is 1.72. The highest BCUT2D eigenvalue weighted by Gasteiger charge is 2.08. The van der Waals surface area contributed by atoms with Crippen molar-refractivity contribution >= 4 is 23.4 Å². The van der Waals surface area contributed by atoms with Crippen molar-refractivity contribution in [2.45, 2.75) is 38.9 Å². The first-order valence-corrected chi connectivity index (χ1v) is 7.99. The van der Waals surface area contributed by atoms with Gasteiger partial charge in [-0.1, -0.05) is 20.8 Å². The largest absolute Gasteiger partial charge is 0.326 e. The maximum atomic E-state index is 11.8. The van der Waals surface area contributed by atoms with Crippen LogP contribution in [0.25, 0.3) is 0 Å². The number of carbonyl (C=O) groups excluding carboxylic acids is 1. The molecule has 0 aromatic heterocycles. The summed E-state index contributed by atoms with van der Waals surface area (Å²) in [6.07, 6.45) is 1.43. The molecule has 0 aliphatic heterocycles. The van der Waals surface area contributed by atoms with Crippen LogP contribution in [0.2, 0.25) is 0 Å². The van der Waals surface area contributed by atoms with Crippen LogP contribution in [0.15, 0.2) is 24.3 Å². The van der Waals surface area contributed by atoms with Crippen LogP contribution in [-0.4, -0.2) is 16.9 Å². The molecule has 20 heavy (non-hydrogen) atoms. The van der Waals surface area contributed by atoms with Gasteiger partial charge in [-0.2, -0.15) is 17.0 Å². The van der Waals surface area contributed by atoms with Crippen molar-refractivity contribution < 1.29 is 4.79 Å². The van der Waals surface area contributed by atoms with Crippen LogP contribution in [0.5, 0.6) is 0 Å². The lowest BCUT2D eigenvalue weighted by molar-refractivity contribution is -0.116. The van der Waals surface area contributed by atoms with Gasteiger partial charge in [0.2, 0.25) is 5.91 Å². The van der Waals surface area contributed by atoms with E-state index < -0.39 is 0 Å². The van der Waals surface area contributed by atoms with Crippen molar-refractivity contribution in [1.29, 1.82) is 5.26 Å². The Hall–Kier alpha value is -1.47. The number of hydrogen-bond acceptors (Lipinski definition) is 3. The first kappa shape index (κ1) is 16.6. The lowest BCUT2D eigenvalue weighted by Crippen LogP contribution is -2.12. The fourth-order valence-electron chi connectivity index (χ4n) is 1.55. The molecule has 0 fully saturated rings. The Morgan fingerprint density at radius 3 is 2.50 bits per heavy atom. The Morgan fingerprint density at radius 2 is 1.95 bits per heavy atom. The number of hydrogen-bond donors (Lipinski definition) is 1. The predicted octanol–water partition coefficient (Wildman–Crippen LogP) is 4.05. The number of amides is 1. The monoisotopic (exact) mass is 290 g/mol. The molecule has 1 atom stereocenters. The Morgan fingerprint density at radius 1 is 1.30 bits per heavy atom. The molecular weight excluding hydrogens is 268 g/mol. The summed E-state index contributed by atoms with van der Waals surface area (Å²) in [5.41, 5.74) is 1.35. The van der Waals surface area contributed by atoms with E-state index in [-0.39, 0.29) is 5.91 Å². The fraction of sp³-hybridized carbons (Fsp3) is 0.500. The predicted molar refractivity (Wildman–Crippen MR) is 85.8 cm³/mol. The minimum Gasteiger partial charge on any atom is -0.326 e. The van der Waals surface area contributed by atoms with Crippen molar-refractivity contribution in [3.63, 3.8) is 0 Å². The van der Waals surface area contributed by atoms with Gasteiger partial charge in [-0.05, 0) is 42.4 Å². The summed E-state index contributed by atoms with van der Waals surface area (Å²) in [5, 5.41) is 12.2. The Labute approximate surface area is 125 Å². The highest BCUT2D eigenvalue weighted by molar-refractivity contribution is 7.99. The van der Waals surface area contributed by atoms with Crippen LogP contribution in [0, 0.1) is 17.2 Å². The summed E-state index contributed by atoms with van der Waals surface area (Å²) in [6.45, 7) is 6.66. The van der Waals surface area contributed by atoms with Crippen LogP contribution >= 0.6 is 11.8 Å². The van der Waals surface area contributed by atoms with Gasteiger partial charge in [0.1, 0.15) is 0 Å². The van der Waals surface area contributed by atoms with Gasteiger partial charge >= 0.3 is 0 Å². The highest BCUT2D eigenvalue weighted by Crippen LogP contribution is 2.20. The molecule has 108 valence electrons. The summed E-state index contributed by atoms with van der Waals surface area (Å²) in [7, 11) is 0. The van der Waals surface area contributed by atoms with Crippen molar-refractivity contribution in [1.82, 2.24) is 0 Å². The zero-order chi connectivity index (χ0) is 15.0. The molecular formula is C16H22N2OS. The number of rotatable bonds is 7. The van der Waals surface area contributed by atoms with Crippen molar-refractivity contribution in [2.75, 3.05) is 11.1 Å². The molecule has 0 radical (unpaired) electrons. The van der Waals surface area contributed by atoms with E-state index in [0.717, 1.165) is 17.9 Å². The number of nitrogens with zero attached hydrogens (tertiary/aromatic N) is 1. The lowest BCUT2D eigenvalue weighted by Gasteiger charge is -2.14. The van der Waals surface area contributed by atoms with Crippen LogP contribution in [-0.2, 0) is 4.79 Å². The van der Waals surface area contributed by atoms with Gasteiger partial charge in [0.15, 0.2) is 0 Å². The Bertz CT molecular complexity index is 462. The maximum Gasteiger partial charge on any atom is 0.224 e. The number of nitriles is 1. The fourth-order valence-corrected chi connectivity index (χ4v) is 2.61. The van der Waals surface area contributed by atoms with Crippen molar-refractivity contribution in [3.8, 4) is 6.07 Å². The first-order valence-electron chi connectivity index (χ1n) is 6.94. The molecule has 0 aliphatic rings. The van der Waals surface area contributed by atoms with Gasteiger partial charge in [-0.25, -0.2) is 0 Å². The highest BCUT2D eigenvalue weighted by atomic mass is 32.2. The minimum atomic E-state index is 0.0347. The minimum absolute atomic E-state index is 0.0347. The summed E-state index contributed by atoms with van der Waals surface area (Å²) < 4.78 is 0. The standard InChI is InChI=1S/C16H22N2OS/c1-12(2)13(3)20-10-4-5-16(19)18-15-8-6-14(11-17)7-9-15/h6-9,12-13H,4-5,10H2,1-3H3,(H,18,19). The molecule has 0 bridgehead atoms. The summed E-state index contributed by atoms with van der Waals surface area (Å²) in [4.78, 5) is 11.8. The van der Waals surface area contributed by atoms with E-state index in [1.165, 1.54) is 0 Å². The smallest absolute Gasteiger partial charge is 0.224 e. The van der Waals surface area contributed by atoms with Crippen LogP contribution in [0.3, 0.4) is 0 Å². The zero-order valence-corrected chi connectivity index (χ0v) is 13.2. The molecule has 0 aliphatic carbocycles. The third-order valence-electron chi connectivity index (χ3n) is 3.17. The van der Waals surface area contributed by atoms with Crippen molar-refractivity contribution in [2.24, 2.45) is 5.92 Å². The molecule has 0 spiro atoms. The van der Waals surface area contributed by atoms with E-state index in [1.807, 2.05) is 11.8 Å². The second kappa shape index (κ2) is 8.65. The van der Waals surface area contributed by atoms with E-state index in [9.17, 15) is 4.79 Å². The van der Waals surface area contributed by atoms with Crippen LogP contribution in [0.4, 0.5) is 5.69 Å². The molecule has 3 nitrogen and oxygen atoms in total. The van der Waals surface area contributed by atoms with E-state index in [4.69, 9.17) is 5.26 Å². The molecule has 1 aromatic carbocycles. The van der Waals surface area contributed by atoms with Gasteiger partial charge in [-0.15, -0.1) is 0 Å². The van der Waals surface area contributed by atoms with E-state index >= 15 is 0 Å². The topological polar surface area (TPSA) is 52.9 Å². The zero-order valence-electron chi connectivity index (χ0n) is 12.3. The quantitative estimate of drug-likeness (QED) is 0.771. The number of carbonyl (C=O) groups is 1. The molecule has 1 unspecified atom stereocenters. The van der Waals surface area contributed by atoms with Gasteiger partial charge in [0, 0.05) is 17.4 Å². The van der Waals surface area contributed by atoms with Gasteiger partial charge < -0.3 is 5.32 Å². The van der Waals surface area contributed by atoms with Gasteiger partial charge in [0.25, 0.3) is 0 Å². The first-order chi connectivity index (χ1) is 9.52. The van der Waals surface area contributed by atoms with E-state index in [1.54, 1.807) is 24.3 Å². The van der Waals surface area contributed by atoms with E-state index in [2.05, 4.69) is 32.2 Å². The summed E-state index contributed by atoms with van der Waals surface area (Å²) >= 11 is 1.92. The lowest BCUT2D eigenvalue weighted by atomic mass is 10.2. The molecule has 0 saturated carbocycles. The van der Waals surface area contributed by atoms with Gasteiger partial charge in [-0.3, -0.25) is 4.79 Å². The molecule has 0 saturated heterocycles. The van der Waals surface area contributed by atoms with Gasteiger partial charge in [0.05, 0.1) is 11.6 Å². The van der Waals surface area contributed by atoms with Crippen LogP contribution in [0.1, 0.15) is 39.2 Å². The normalized spacial score (nSPS) is 11.9. The number of anilines is 1. The maximum absolute atomic E-state index is 11.8. The summed E-state index contributed by atoms with van der Waals surface area (Å²) in [6, 6.07) is 8.97. The Kier molecular flexibility index (Phi) is 7.17. The average molecular weight is 290 g/mol. The van der Waals surface area contributed by atoms with Crippen molar-refractivity contribution in [3.05, 3.63) is 29.8 Å². The molecule has 1 aromatic rings. The third-order valence-corrected chi connectivity index (χ3v) is 4.76.